The van der Waals surface area contributed by atoms with Gasteiger partial charge in [-0.05, 0) is 50.5 Å². The first-order valence-electron chi connectivity index (χ1n) is 7.66. The van der Waals surface area contributed by atoms with Crippen molar-refractivity contribution in [3.63, 3.8) is 0 Å². The maximum Gasteiger partial charge on any atom is 0.357 e. The average Bonchev–Trinajstić information content (AvgIpc) is 3.06. The highest BCUT2D eigenvalue weighted by atomic mass is 79.9. The Hall–Kier alpha value is -1.40. The van der Waals surface area contributed by atoms with Crippen LogP contribution in [0.1, 0.15) is 36.7 Å². The zero-order valence-electron chi connectivity index (χ0n) is 13.1. The highest BCUT2D eigenvalue weighted by Gasteiger charge is 2.12. The van der Waals surface area contributed by atoms with E-state index >= 15 is 0 Å². The third-order valence-electron chi connectivity index (χ3n) is 3.14. The van der Waals surface area contributed by atoms with Gasteiger partial charge in [0, 0.05) is 16.3 Å². The van der Waals surface area contributed by atoms with Crippen LogP contribution in [0.5, 0.6) is 5.75 Å². The normalized spacial score (nSPS) is 10.5. The molecular weight excluding hydrogens is 378 g/mol. The Morgan fingerprint density at radius 2 is 2.00 bits per heavy atom. The number of aromatic nitrogens is 1. The molecule has 124 valence electrons. The molecule has 0 unspecified atom stereocenters. The van der Waals surface area contributed by atoms with Crippen molar-refractivity contribution in [1.82, 2.24) is 4.98 Å². The summed E-state index contributed by atoms with van der Waals surface area (Å²) in [5.41, 5.74) is 1.33. The highest BCUT2D eigenvalue weighted by molar-refractivity contribution is 9.09. The van der Waals surface area contributed by atoms with E-state index in [0.717, 1.165) is 34.7 Å². The molecule has 0 amide bonds. The quantitative estimate of drug-likeness (QED) is 0.341. The first-order valence-corrected chi connectivity index (χ1v) is 9.66. The van der Waals surface area contributed by atoms with Gasteiger partial charge in [-0.3, -0.25) is 0 Å². The molecule has 0 radical (unpaired) electrons. The lowest BCUT2D eigenvalue weighted by Crippen LogP contribution is -2.04. The monoisotopic (exact) mass is 397 g/mol. The number of hydrogen-bond donors (Lipinski definition) is 0. The number of carbonyl (C=O) groups excluding carboxylic acids is 1. The van der Waals surface area contributed by atoms with Crippen molar-refractivity contribution in [1.29, 1.82) is 0 Å². The molecule has 0 aliphatic carbocycles. The molecule has 0 aliphatic rings. The van der Waals surface area contributed by atoms with Crippen LogP contribution in [0.3, 0.4) is 0 Å². The van der Waals surface area contributed by atoms with E-state index < -0.39 is 0 Å². The smallest absolute Gasteiger partial charge is 0.357 e. The van der Waals surface area contributed by atoms with Gasteiger partial charge in [0.15, 0.2) is 5.69 Å². The lowest BCUT2D eigenvalue weighted by Gasteiger charge is -2.06. The van der Waals surface area contributed by atoms with E-state index in [4.69, 9.17) is 9.47 Å². The number of thiazole rings is 1. The van der Waals surface area contributed by atoms with E-state index in [1.807, 2.05) is 24.3 Å². The molecule has 0 atom stereocenters. The molecular formula is C17H20BrNO3S. The van der Waals surface area contributed by atoms with Crippen LogP contribution >= 0.6 is 27.3 Å². The minimum absolute atomic E-state index is 0.355. The van der Waals surface area contributed by atoms with Gasteiger partial charge in [-0.15, -0.1) is 11.3 Å². The van der Waals surface area contributed by atoms with Crippen molar-refractivity contribution in [2.24, 2.45) is 0 Å². The molecule has 2 aromatic rings. The van der Waals surface area contributed by atoms with Crippen molar-refractivity contribution in [3.8, 4) is 16.3 Å². The molecule has 2 rings (SSSR count). The first kappa shape index (κ1) is 17.9. The van der Waals surface area contributed by atoms with E-state index in [1.165, 1.54) is 24.2 Å². The number of esters is 1. The number of ether oxygens (including phenoxy) is 2. The second-order valence-electron chi connectivity index (χ2n) is 4.88. The van der Waals surface area contributed by atoms with Crippen LogP contribution in [0.15, 0.2) is 29.6 Å². The molecule has 23 heavy (non-hydrogen) atoms. The van der Waals surface area contributed by atoms with Gasteiger partial charge >= 0.3 is 5.97 Å². The van der Waals surface area contributed by atoms with Crippen LogP contribution in [-0.4, -0.2) is 29.5 Å². The number of benzene rings is 1. The number of rotatable bonds is 9. The molecule has 0 aliphatic heterocycles. The summed E-state index contributed by atoms with van der Waals surface area (Å²) in [6.07, 6.45) is 3.40. The van der Waals surface area contributed by atoms with Crippen molar-refractivity contribution in [2.45, 2.75) is 26.2 Å². The number of nitrogens with zero attached hydrogens (tertiary/aromatic N) is 1. The van der Waals surface area contributed by atoms with Gasteiger partial charge in [0.05, 0.1) is 13.2 Å². The molecule has 6 heteroatoms. The molecule has 0 saturated heterocycles. The molecule has 4 nitrogen and oxygen atoms in total. The van der Waals surface area contributed by atoms with Gasteiger partial charge in [0.1, 0.15) is 10.8 Å². The average molecular weight is 398 g/mol. The minimum atomic E-state index is -0.376. The van der Waals surface area contributed by atoms with E-state index in [1.54, 1.807) is 12.3 Å². The lowest BCUT2D eigenvalue weighted by atomic mass is 10.2. The van der Waals surface area contributed by atoms with Crippen molar-refractivity contribution >= 4 is 33.2 Å². The largest absolute Gasteiger partial charge is 0.494 e. The van der Waals surface area contributed by atoms with Crippen LogP contribution in [0.2, 0.25) is 0 Å². The molecule has 1 aromatic heterocycles. The van der Waals surface area contributed by atoms with E-state index in [2.05, 4.69) is 20.9 Å². The Bertz CT molecular complexity index is 613. The van der Waals surface area contributed by atoms with Crippen molar-refractivity contribution < 1.29 is 14.3 Å². The second-order valence-corrected chi connectivity index (χ2v) is 6.53. The summed E-state index contributed by atoms with van der Waals surface area (Å²) in [5.74, 6) is 0.480. The number of unbranched alkanes of at least 4 members (excludes halogenated alkanes) is 2. The van der Waals surface area contributed by atoms with Gasteiger partial charge in [0.2, 0.25) is 0 Å². The summed E-state index contributed by atoms with van der Waals surface area (Å²) in [6.45, 7) is 2.87. The fraction of sp³-hybridized carbons (Fsp3) is 0.412. The third kappa shape index (κ3) is 5.62. The topological polar surface area (TPSA) is 48.4 Å². The molecule has 1 aromatic carbocycles. The summed E-state index contributed by atoms with van der Waals surface area (Å²) in [6, 6.07) is 7.79. The second kappa shape index (κ2) is 9.67. The summed E-state index contributed by atoms with van der Waals surface area (Å²) in [7, 11) is 0. The van der Waals surface area contributed by atoms with Gasteiger partial charge in [-0.25, -0.2) is 9.78 Å². The van der Waals surface area contributed by atoms with Crippen LogP contribution in [0.25, 0.3) is 10.6 Å². The molecule has 0 N–H and O–H groups in total. The van der Waals surface area contributed by atoms with E-state index in [-0.39, 0.29) is 5.97 Å². The van der Waals surface area contributed by atoms with E-state index in [0.29, 0.717) is 12.3 Å². The summed E-state index contributed by atoms with van der Waals surface area (Å²) < 4.78 is 10.7. The fourth-order valence-electron chi connectivity index (χ4n) is 1.96. The predicted molar refractivity (Wildman–Crippen MR) is 96.6 cm³/mol. The predicted octanol–water partition coefficient (Wildman–Crippen LogP) is 4.93. The first-order chi connectivity index (χ1) is 11.2. The van der Waals surface area contributed by atoms with Crippen LogP contribution in [-0.2, 0) is 4.74 Å². The van der Waals surface area contributed by atoms with Gasteiger partial charge in [0.25, 0.3) is 0 Å². The maximum atomic E-state index is 11.6. The fourth-order valence-corrected chi connectivity index (χ4v) is 3.15. The number of hydrogen-bond acceptors (Lipinski definition) is 5. The summed E-state index contributed by atoms with van der Waals surface area (Å²) in [5, 5.41) is 3.57. The van der Waals surface area contributed by atoms with Gasteiger partial charge < -0.3 is 9.47 Å². The van der Waals surface area contributed by atoms with Crippen LogP contribution < -0.4 is 4.74 Å². The Labute approximate surface area is 149 Å². The number of halogens is 1. The van der Waals surface area contributed by atoms with E-state index in [9.17, 15) is 4.79 Å². The summed E-state index contributed by atoms with van der Waals surface area (Å²) >= 11 is 4.85. The van der Waals surface area contributed by atoms with Crippen LogP contribution in [0.4, 0.5) is 0 Å². The lowest BCUT2D eigenvalue weighted by molar-refractivity contribution is 0.0520. The molecule has 0 fully saturated rings. The van der Waals surface area contributed by atoms with Crippen molar-refractivity contribution in [3.05, 3.63) is 35.3 Å². The van der Waals surface area contributed by atoms with Gasteiger partial charge in [-0.1, -0.05) is 15.9 Å². The Morgan fingerprint density at radius 1 is 1.22 bits per heavy atom. The number of carbonyl (C=O) groups is 1. The SMILES string of the molecule is CCOC(=O)c1csc(-c2ccc(OCCCCCBr)cc2)n1. The molecule has 0 spiro atoms. The minimum Gasteiger partial charge on any atom is -0.494 e. The Balaban J connectivity index is 1.90. The standard InChI is InChI=1S/C17H20BrNO3S/c1-2-21-17(20)15-12-23-16(19-15)13-6-8-14(9-7-13)22-11-5-3-4-10-18/h6-9,12H,2-5,10-11H2,1H3. The maximum absolute atomic E-state index is 11.6. The summed E-state index contributed by atoms with van der Waals surface area (Å²) in [4.78, 5) is 16.0. The molecule has 1 heterocycles. The van der Waals surface area contributed by atoms with Crippen LogP contribution in [0, 0.1) is 0 Å². The Morgan fingerprint density at radius 3 is 2.70 bits per heavy atom. The zero-order chi connectivity index (χ0) is 16.5. The third-order valence-corrected chi connectivity index (χ3v) is 4.59. The zero-order valence-corrected chi connectivity index (χ0v) is 15.5. The van der Waals surface area contributed by atoms with Gasteiger partial charge in [-0.2, -0.15) is 0 Å². The highest BCUT2D eigenvalue weighted by Crippen LogP contribution is 2.26. The molecule has 0 saturated carbocycles. The van der Waals surface area contributed by atoms with Crippen molar-refractivity contribution in [2.75, 3.05) is 18.5 Å². The number of alkyl halides is 1. The molecule has 0 bridgehead atoms. The Kier molecular flexibility index (Phi) is 7.55.